The number of ether oxygens (including phenoxy) is 5. The van der Waals surface area contributed by atoms with Crippen LogP contribution in [-0.2, 0) is 25.7 Å². The van der Waals surface area contributed by atoms with Gasteiger partial charge in [0, 0.05) is 6.07 Å². The van der Waals surface area contributed by atoms with Crippen LogP contribution in [0, 0.1) is 0 Å². The topological polar surface area (TPSA) is 46.2 Å². The van der Waals surface area contributed by atoms with Gasteiger partial charge < -0.3 is 23.7 Å². The molecule has 0 aromatic heterocycles. The van der Waals surface area contributed by atoms with Gasteiger partial charge in [0.1, 0.15) is 23.0 Å². The monoisotopic (exact) mass is 498 g/mol. The first-order valence-electron chi connectivity index (χ1n) is 12.4. The summed E-state index contributed by atoms with van der Waals surface area (Å²) < 4.78 is 28.0. The summed E-state index contributed by atoms with van der Waals surface area (Å²) in [6.07, 6.45) is 3.52. The Kier molecular flexibility index (Phi) is 8.93. The predicted molar refractivity (Wildman–Crippen MR) is 147 cm³/mol. The average molecular weight is 499 g/mol. The lowest BCUT2D eigenvalue weighted by molar-refractivity contribution is 0.378. The normalized spacial score (nSPS) is 10.6. The van der Waals surface area contributed by atoms with Gasteiger partial charge in [0.2, 0.25) is 0 Å². The van der Waals surface area contributed by atoms with Crippen molar-refractivity contribution in [2.75, 3.05) is 28.4 Å². The van der Waals surface area contributed by atoms with Gasteiger partial charge in [-0.25, -0.2) is 0 Å². The summed E-state index contributed by atoms with van der Waals surface area (Å²) in [5, 5.41) is 0. The molecule has 192 valence electrons. The highest BCUT2D eigenvalue weighted by Crippen LogP contribution is 2.33. The molecule has 0 aliphatic carbocycles. The zero-order chi connectivity index (χ0) is 26.0. The maximum atomic E-state index is 6.31. The van der Waals surface area contributed by atoms with E-state index < -0.39 is 0 Å². The van der Waals surface area contributed by atoms with Gasteiger partial charge in [-0.05, 0) is 96.5 Å². The molecule has 0 aliphatic heterocycles. The highest BCUT2D eigenvalue weighted by atomic mass is 16.5. The Bertz CT molecular complexity index is 1290. The standard InChI is InChI=1S/C32H34O5/c1-33-27-9-5-7-23(17-27)11-12-25-15-16-31(36-4)32(21-25)37-28-10-6-8-24(18-28)13-14-26-19-29(34-2)22-30(20-26)35-3/h5-10,15-22H,11-14H2,1-4H3. The van der Waals surface area contributed by atoms with Crippen molar-refractivity contribution in [3.05, 3.63) is 107 Å². The van der Waals surface area contributed by atoms with E-state index in [4.69, 9.17) is 23.7 Å². The fraction of sp³-hybridized carbons (Fsp3) is 0.250. The fourth-order valence-corrected chi connectivity index (χ4v) is 4.26. The van der Waals surface area contributed by atoms with Gasteiger partial charge in [0.05, 0.1) is 28.4 Å². The Morgan fingerprint density at radius 2 is 0.919 bits per heavy atom. The van der Waals surface area contributed by atoms with Crippen molar-refractivity contribution in [3.63, 3.8) is 0 Å². The molecule has 0 atom stereocenters. The molecule has 0 spiro atoms. The van der Waals surface area contributed by atoms with Gasteiger partial charge in [-0.3, -0.25) is 0 Å². The second-order valence-corrected chi connectivity index (χ2v) is 8.81. The molecule has 0 fully saturated rings. The van der Waals surface area contributed by atoms with E-state index in [0.29, 0.717) is 11.5 Å². The van der Waals surface area contributed by atoms with Gasteiger partial charge in [-0.15, -0.1) is 0 Å². The Morgan fingerprint density at radius 1 is 0.405 bits per heavy atom. The molecular formula is C32H34O5. The molecule has 37 heavy (non-hydrogen) atoms. The van der Waals surface area contributed by atoms with E-state index in [9.17, 15) is 0 Å². The number of hydrogen-bond donors (Lipinski definition) is 0. The maximum absolute atomic E-state index is 6.31. The minimum atomic E-state index is 0.707. The second kappa shape index (κ2) is 12.7. The molecule has 0 heterocycles. The number of rotatable bonds is 12. The van der Waals surface area contributed by atoms with Crippen molar-refractivity contribution in [2.45, 2.75) is 25.7 Å². The minimum absolute atomic E-state index is 0.707. The van der Waals surface area contributed by atoms with Crippen molar-refractivity contribution in [2.24, 2.45) is 0 Å². The summed E-state index contributed by atoms with van der Waals surface area (Å²) in [5.74, 6) is 4.67. The van der Waals surface area contributed by atoms with Crippen LogP contribution < -0.4 is 23.7 Å². The van der Waals surface area contributed by atoms with Gasteiger partial charge in [0.15, 0.2) is 11.5 Å². The summed E-state index contributed by atoms with van der Waals surface area (Å²) in [7, 11) is 6.69. The molecule has 0 radical (unpaired) electrons. The molecule has 0 aliphatic rings. The lowest BCUT2D eigenvalue weighted by Crippen LogP contribution is -1.97. The molecule has 0 N–H and O–H groups in total. The highest BCUT2D eigenvalue weighted by Gasteiger charge is 2.09. The molecular weight excluding hydrogens is 464 g/mol. The molecule has 5 nitrogen and oxygen atoms in total. The zero-order valence-electron chi connectivity index (χ0n) is 22.0. The third kappa shape index (κ3) is 7.20. The Morgan fingerprint density at radius 3 is 1.51 bits per heavy atom. The summed E-state index contributed by atoms with van der Waals surface area (Å²) in [6, 6.07) is 28.5. The predicted octanol–water partition coefficient (Wildman–Crippen LogP) is 7.08. The fourth-order valence-electron chi connectivity index (χ4n) is 4.26. The number of methoxy groups -OCH3 is 4. The largest absolute Gasteiger partial charge is 0.497 e. The lowest BCUT2D eigenvalue weighted by atomic mass is 10.0. The lowest BCUT2D eigenvalue weighted by Gasteiger charge is -2.13. The Balaban J connectivity index is 1.44. The van der Waals surface area contributed by atoms with E-state index in [2.05, 4.69) is 36.4 Å². The van der Waals surface area contributed by atoms with Crippen LogP contribution in [0.15, 0.2) is 84.9 Å². The number of hydrogen-bond acceptors (Lipinski definition) is 5. The maximum Gasteiger partial charge on any atom is 0.169 e. The quantitative estimate of drug-likeness (QED) is 0.209. The summed E-state index contributed by atoms with van der Waals surface area (Å²) in [4.78, 5) is 0. The van der Waals surface area contributed by atoms with Crippen molar-refractivity contribution in [3.8, 4) is 34.5 Å². The van der Waals surface area contributed by atoms with Gasteiger partial charge >= 0.3 is 0 Å². The van der Waals surface area contributed by atoms with Crippen molar-refractivity contribution >= 4 is 0 Å². The molecule has 4 aromatic rings. The molecule has 0 bridgehead atoms. The molecule has 4 rings (SSSR count). The first-order valence-corrected chi connectivity index (χ1v) is 12.4. The molecule has 0 saturated carbocycles. The molecule has 5 heteroatoms. The SMILES string of the molecule is COc1cccc(CCc2ccc(OC)c(Oc3cccc(CCc4cc(OC)cc(OC)c4)c3)c2)c1. The van der Waals surface area contributed by atoms with E-state index in [0.717, 1.165) is 54.2 Å². The summed E-state index contributed by atoms with van der Waals surface area (Å²) >= 11 is 0. The van der Waals surface area contributed by atoms with E-state index in [-0.39, 0.29) is 0 Å². The van der Waals surface area contributed by atoms with E-state index >= 15 is 0 Å². The van der Waals surface area contributed by atoms with Gasteiger partial charge in [-0.2, -0.15) is 0 Å². The van der Waals surface area contributed by atoms with Crippen LogP contribution >= 0.6 is 0 Å². The van der Waals surface area contributed by atoms with Crippen molar-refractivity contribution in [1.82, 2.24) is 0 Å². The third-order valence-corrected chi connectivity index (χ3v) is 6.30. The van der Waals surface area contributed by atoms with Gasteiger partial charge in [0.25, 0.3) is 0 Å². The zero-order valence-corrected chi connectivity index (χ0v) is 22.0. The van der Waals surface area contributed by atoms with Crippen molar-refractivity contribution in [1.29, 1.82) is 0 Å². The first kappa shape index (κ1) is 26.0. The van der Waals surface area contributed by atoms with Gasteiger partial charge in [-0.1, -0.05) is 30.3 Å². The van der Waals surface area contributed by atoms with Crippen molar-refractivity contribution < 1.29 is 23.7 Å². The van der Waals surface area contributed by atoms with Crippen LogP contribution in [0.25, 0.3) is 0 Å². The summed E-state index contributed by atoms with van der Waals surface area (Å²) in [5.41, 5.74) is 4.76. The Hall–Kier alpha value is -4.12. The Labute approximate surface area is 219 Å². The first-order chi connectivity index (χ1) is 18.1. The second-order valence-electron chi connectivity index (χ2n) is 8.81. The van der Waals surface area contributed by atoms with E-state index in [1.54, 1.807) is 28.4 Å². The molecule has 0 saturated heterocycles. The van der Waals surface area contributed by atoms with Crippen LogP contribution in [0.5, 0.6) is 34.5 Å². The van der Waals surface area contributed by atoms with Crippen LogP contribution in [-0.4, -0.2) is 28.4 Å². The molecule has 4 aromatic carbocycles. The van der Waals surface area contributed by atoms with E-state index in [1.165, 1.54) is 16.7 Å². The van der Waals surface area contributed by atoms with Crippen LogP contribution in [0.1, 0.15) is 22.3 Å². The third-order valence-electron chi connectivity index (χ3n) is 6.30. The number of aryl methyl sites for hydroxylation is 4. The van der Waals surface area contributed by atoms with Crippen LogP contribution in [0.3, 0.4) is 0 Å². The van der Waals surface area contributed by atoms with Crippen LogP contribution in [0.2, 0.25) is 0 Å². The smallest absolute Gasteiger partial charge is 0.169 e. The minimum Gasteiger partial charge on any atom is -0.497 e. The van der Waals surface area contributed by atoms with E-state index in [1.807, 2.05) is 48.5 Å². The highest BCUT2D eigenvalue weighted by molar-refractivity contribution is 5.46. The number of benzene rings is 4. The molecule has 0 amide bonds. The summed E-state index contributed by atoms with van der Waals surface area (Å²) in [6.45, 7) is 0. The average Bonchev–Trinajstić information content (AvgIpc) is 2.95. The van der Waals surface area contributed by atoms with Crippen LogP contribution in [0.4, 0.5) is 0 Å². The molecule has 0 unspecified atom stereocenters.